The van der Waals surface area contributed by atoms with E-state index in [0.29, 0.717) is 17.5 Å². The van der Waals surface area contributed by atoms with Gasteiger partial charge in [0, 0.05) is 10.6 Å². The van der Waals surface area contributed by atoms with Gasteiger partial charge in [0.05, 0.1) is 20.1 Å². The van der Waals surface area contributed by atoms with Gasteiger partial charge < -0.3 is 9.47 Å². The van der Waals surface area contributed by atoms with E-state index in [1.54, 1.807) is 0 Å². The molecule has 0 saturated heterocycles. The third-order valence-corrected chi connectivity index (χ3v) is 3.48. The predicted octanol–water partition coefficient (Wildman–Crippen LogP) is 3.71. The average Bonchev–Trinajstić information content (AvgIpc) is 2.37. The van der Waals surface area contributed by atoms with Crippen molar-refractivity contribution in [2.24, 2.45) is 5.92 Å². The van der Waals surface area contributed by atoms with E-state index in [-0.39, 0.29) is 12.4 Å². The molecule has 0 N–H and O–H groups in total. The summed E-state index contributed by atoms with van der Waals surface area (Å²) in [5.41, 5.74) is 2.64. The lowest BCUT2D eigenvalue weighted by Gasteiger charge is -2.17. The molecular weight excluding hydrogens is 264 g/mol. The Bertz CT molecular complexity index is 467. The Balaban J connectivity index is 3.14. The lowest BCUT2D eigenvalue weighted by molar-refractivity contribution is -0.139. The second-order valence-electron chi connectivity index (χ2n) is 5.07. The zero-order valence-corrected chi connectivity index (χ0v) is 12.9. The van der Waals surface area contributed by atoms with Gasteiger partial charge in [0.1, 0.15) is 5.75 Å². The summed E-state index contributed by atoms with van der Waals surface area (Å²) in [6, 6.07) is 1.88. The van der Waals surface area contributed by atoms with Crippen molar-refractivity contribution in [2.45, 2.75) is 34.1 Å². The lowest BCUT2D eigenvalue weighted by atomic mass is 10.0. The van der Waals surface area contributed by atoms with Gasteiger partial charge in [-0.1, -0.05) is 25.4 Å². The van der Waals surface area contributed by atoms with Gasteiger partial charge in [0.15, 0.2) is 0 Å². The molecule has 106 valence electrons. The summed E-state index contributed by atoms with van der Waals surface area (Å²) in [6.45, 7) is 8.59. The SMILES string of the molecule is COC(=O)Cc1c(OCC(C)C)cc(C)c(Cl)c1C. The molecule has 0 saturated carbocycles. The highest BCUT2D eigenvalue weighted by Crippen LogP contribution is 2.32. The third kappa shape index (κ3) is 4.13. The van der Waals surface area contributed by atoms with Crippen molar-refractivity contribution in [1.82, 2.24) is 0 Å². The van der Waals surface area contributed by atoms with E-state index < -0.39 is 0 Å². The Kier molecular flexibility index (Phi) is 5.67. The smallest absolute Gasteiger partial charge is 0.310 e. The number of methoxy groups -OCH3 is 1. The van der Waals surface area contributed by atoms with Gasteiger partial charge >= 0.3 is 5.97 Å². The van der Waals surface area contributed by atoms with Crippen LogP contribution in [0.1, 0.15) is 30.5 Å². The molecule has 0 fully saturated rings. The fraction of sp³-hybridized carbons (Fsp3) is 0.533. The van der Waals surface area contributed by atoms with Crippen LogP contribution in [-0.4, -0.2) is 19.7 Å². The molecule has 0 spiro atoms. The van der Waals surface area contributed by atoms with Gasteiger partial charge in [0.25, 0.3) is 0 Å². The van der Waals surface area contributed by atoms with E-state index in [2.05, 4.69) is 13.8 Å². The standard InChI is InChI=1S/C15H21ClO3/c1-9(2)8-19-13-6-10(3)15(16)11(4)12(13)7-14(17)18-5/h6,9H,7-8H2,1-5H3. The maximum Gasteiger partial charge on any atom is 0.310 e. The van der Waals surface area contributed by atoms with Crippen LogP contribution in [0.25, 0.3) is 0 Å². The van der Waals surface area contributed by atoms with Gasteiger partial charge in [-0.25, -0.2) is 0 Å². The molecule has 0 aliphatic carbocycles. The van der Waals surface area contributed by atoms with Crippen LogP contribution in [0.15, 0.2) is 6.07 Å². The number of carbonyl (C=O) groups excluding carboxylic acids is 1. The number of rotatable bonds is 5. The van der Waals surface area contributed by atoms with E-state index in [1.807, 2.05) is 19.9 Å². The number of benzene rings is 1. The van der Waals surface area contributed by atoms with E-state index >= 15 is 0 Å². The number of carbonyl (C=O) groups is 1. The molecule has 1 aromatic carbocycles. The number of hydrogen-bond acceptors (Lipinski definition) is 3. The van der Waals surface area contributed by atoms with Gasteiger partial charge in [-0.3, -0.25) is 4.79 Å². The first-order chi connectivity index (χ1) is 8.86. The molecule has 1 aromatic rings. The highest BCUT2D eigenvalue weighted by Gasteiger charge is 2.16. The Hall–Kier alpha value is -1.22. The molecule has 3 nitrogen and oxygen atoms in total. The minimum Gasteiger partial charge on any atom is -0.493 e. The number of ether oxygens (including phenoxy) is 2. The van der Waals surface area contributed by atoms with Crippen LogP contribution in [0.5, 0.6) is 5.75 Å². The van der Waals surface area contributed by atoms with Gasteiger partial charge in [0.2, 0.25) is 0 Å². The number of aryl methyl sites for hydroxylation is 1. The number of esters is 1. The van der Waals surface area contributed by atoms with Crippen LogP contribution in [0.3, 0.4) is 0 Å². The highest BCUT2D eigenvalue weighted by molar-refractivity contribution is 6.32. The van der Waals surface area contributed by atoms with Crippen LogP contribution in [0.4, 0.5) is 0 Å². The van der Waals surface area contributed by atoms with Crippen molar-refractivity contribution in [3.05, 3.63) is 27.8 Å². The molecular formula is C15H21ClO3. The van der Waals surface area contributed by atoms with Crippen LogP contribution < -0.4 is 4.74 Å². The average molecular weight is 285 g/mol. The summed E-state index contributed by atoms with van der Waals surface area (Å²) < 4.78 is 10.5. The molecule has 0 bridgehead atoms. The Morgan fingerprint density at radius 1 is 1.37 bits per heavy atom. The zero-order valence-electron chi connectivity index (χ0n) is 12.2. The summed E-state index contributed by atoms with van der Waals surface area (Å²) in [4.78, 5) is 11.5. The molecule has 0 heterocycles. The topological polar surface area (TPSA) is 35.5 Å². The molecule has 0 radical (unpaired) electrons. The predicted molar refractivity (Wildman–Crippen MR) is 77.0 cm³/mol. The molecule has 0 aliphatic rings. The normalized spacial score (nSPS) is 10.7. The van der Waals surface area contributed by atoms with Crippen LogP contribution in [0, 0.1) is 19.8 Å². The minimum atomic E-state index is -0.294. The molecule has 4 heteroatoms. The molecule has 0 aromatic heterocycles. The number of hydrogen-bond donors (Lipinski definition) is 0. The minimum absolute atomic E-state index is 0.176. The van der Waals surface area contributed by atoms with Crippen molar-refractivity contribution >= 4 is 17.6 Å². The summed E-state index contributed by atoms with van der Waals surface area (Å²) in [6.07, 6.45) is 0.176. The summed E-state index contributed by atoms with van der Waals surface area (Å²) in [7, 11) is 1.38. The first-order valence-electron chi connectivity index (χ1n) is 6.35. The third-order valence-electron chi connectivity index (χ3n) is 2.89. The molecule has 0 unspecified atom stereocenters. The van der Waals surface area contributed by atoms with Crippen molar-refractivity contribution in [3.8, 4) is 5.75 Å². The Morgan fingerprint density at radius 2 is 2.00 bits per heavy atom. The molecule has 0 atom stereocenters. The summed E-state index contributed by atoms with van der Waals surface area (Å²) >= 11 is 6.24. The second kappa shape index (κ2) is 6.80. The van der Waals surface area contributed by atoms with Crippen molar-refractivity contribution in [2.75, 3.05) is 13.7 Å². The maximum atomic E-state index is 11.5. The highest BCUT2D eigenvalue weighted by atomic mass is 35.5. The fourth-order valence-corrected chi connectivity index (χ4v) is 1.95. The second-order valence-corrected chi connectivity index (χ2v) is 5.44. The Morgan fingerprint density at radius 3 is 2.53 bits per heavy atom. The Labute approximate surface area is 119 Å². The van der Waals surface area contributed by atoms with Crippen molar-refractivity contribution in [1.29, 1.82) is 0 Å². The largest absolute Gasteiger partial charge is 0.493 e. The van der Waals surface area contributed by atoms with Gasteiger partial charge in [-0.2, -0.15) is 0 Å². The quantitative estimate of drug-likeness (QED) is 0.773. The van der Waals surface area contributed by atoms with E-state index in [0.717, 1.165) is 22.4 Å². The first kappa shape index (κ1) is 15.8. The van der Waals surface area contributed by atoms with Crippen LogP contribution in [0.2, 0.25) is 5.02 Å². The van der Waals surface area contributed by atoms with Crippen molar-refractivity contribution in [3.63, 3.8) is 0 Å². The molecule has 0 aliphatic heterocycles. The summed E-state index contributed by atoms with van der Waals surface area (Å²) in [5.74, 6) is 0.846. The van der Waals surface area contributed by atoms with E-state index in [1.165, 1.54) is 7.11 Å². The zero-order chi connectivity index (χ0) is 14.6. The van der Waals surface area contributed by atoms with E-state index in [9.17, 15) is 4.79 Å². The van der Waals surface area contributed by atoms with Gasteiger partial charge in [-0.15, -0.1) is 0 Å². The first-order valence-corrected chi connectivity index (χ1v) is 6.72. The number of halogens is 1. The van der Waals surface area contributed by atoms with Crippen LogP contribution >= 0.6 is 11.6 Å². The van der Waals surface area contributed by atoms with Gasteiger partial charge in [-0.05, 0) is 37.0 Å². The molecule has 1 rings (SSSR count). The van der Waals surface area contributed by atoms with E-state index in [4.69, 9.17) is 21.1 Å². The fourth-order valence-electron chi connectivity index (χ4n) is 1.78. The molecule has 19 heavy (non-hydrogen) atoms. The lowest BCUT2D eigenvalue weighted by Crippen LogP contribution is -2.11. The van der Waals surface area contributed by atoms with Crippen molar-refractivity contribution < 1.29 is 14.3 Å². The maximum absolute atomic E-state index is 11.5. The monoisotopic (exact) mass is 284 g/mol. The van der Waals surface area contributed by atoms with Crippen LogP contribution in [-0.2, 0) is 16.0 Å². The summed E-state index contributed by atoms with van der Waals surface area (Å²) in [5, 5.41) is 0.677. The molecule has 0 amide bonds.